The first kappa shape index (κ1) is 20.3. The van der Waals surface area contributed by atoms with E-state index in [1.165, 1.54) is 0 Å². The number of aromatic hydroxyl groups is 1. The third kappa shape index (κ3) is 3.83. The molecule has 0 spiro atoms. The number of benzene rings is 1. The minimum atomic E-state index is -0.505. The zero-order valence-electron chi connectivity index (χ0n) is 18.3. The highest BCUT2D eigenvalue weighted by atomic mass is 16.6. The van der Waals surface area contributed by atoms with Crippen LogP contribution in [0, 0.1) is 0 Å². The van der Waals surface area contributed by atoms with Crippen LogP contribution in [0.25, 0.3) is 11.7 Å². The first-order valence-corrected chi connectivity index (χ1v) is 11.0. The zero-order chi connectivity index (χ0) is 23.2. The van der Waals surface area contributed by atoms with E-state index in [4.69, 9.17) is 9.47 Å². The molecule has 3 aromatic heterocycles. The molecule has 0 amide bonds. The second-order valence-corrected chi connectivity index (χ2v) is 8.30. The fourth-order valence-electron chi connectivity index (χ4n) is 3.75. The van der Waals surface area contributed by atoms with Crippen molar-refractivity contribution in [2.75, 3.05) is 18.5 Å². The van der Waals surface area contributed by atoms with Crippen LogP contribution in [-0.2, 0) is 0 Å². The Morgan fingerprint density at radius 3 is 2.82 bits per heavy atom. The number of fused-ring (bicyclic) bond motifs is 2. The van der Waals surface area contributed by atoms with Gasteiger partial charge in [0, 0.05) is 5.22 Å². The maximum atomic E-state index is 11.5. The largest absolute Gasteiger partial charge is 0.493 e. The average Bonchev–Trinajstić information content (AvgIpc) is 3.47. The predicted molar refractivity (Wildman–Crippen MR) is 121 cm³/mol. The molecule has 174 valence electrons. The van der Waals surface area contributed by atoms with Crippen molar-refractivity contribution in [3.63, 3.8) is 0 Å². The van der Waals surface area contributed by atoms with Crippen molar-refractivity contribution in [2.45, 2.75) is 31.8 Å². The van der Waals surface area contributed by atoms with Gasteiger partial charge < -0.3 is 24.9 Å². The highest BCUT2D eigenvalue weighted by Crippen LogP contribution is 2.33. The Labute approximate surface area is 192 Å². The van der Waals surface area contributed by atoms with Crippen molar-refractivity contribution in [3.05, 3.63) is 57.0 Å². The minimum Gasteiger partial charge on any atom is -0.493 e. The Hall–Kier alpha value is -4.35. The molecule has 12 heteroatoms. The van der Waals surface area contributed by atoms with Crippen LogP contribution in [-0.4, -0.2) is 53.9 Å². The van der Waals surface area contributed by atoms with Crippen LogP contribution in [0.15, 0.2) is 34.2 Å². The molecule has 0 radical (unpaired) electrons. The molecule has 34 heavy (non-hydrogen) atoms. The lowest BCUT2D eigenvalue weighted by molar-refractivity contribution is 0.171. The highest BCUT2D eigenvalue weighted by molar-refractivity contribution is 5.57. The second-order valence-electron chi connectivity index (χ2n) is 8.30. The van der Waals surface area contributed by atoms with Crippen molar-refractivity contribution in [3.8, 4) is 17.4 Å². The fraction of sp³-hybridized carbons (Fsp3) is 0.318. The van der Waals surface area contributed by atoms with E-state index in [0.29, 0.717) is 41.4 Å². The Balaban J connectivity index is 1.41. The van der Waals surface area contributed by atoms with Crippen molar-refractivity contribution in [2.24, 2.45) is 4.99 Å². The summed E-state index contributed by atoms with van der Waals surface area (Å²) in [7, 11) is 0. The summed E-state index contributed by atoms with van der Waals surface area (Å²) in [5.41, 5.74) is 1.65. The molecule has 0 saturated heterocycles. The van der Waals surface area contributed by atoms with Gasteiger partial charge in [0.05, 0.1) is 18.3 Å². The standard InChI is InChI=1S/C22H22N8O4/c1-11(12-2-5-16-17(9-12)34-7-6-33-16)24-20-27-18-13(8-15-19(31)28-22(32)26-15)10-23-30(18)21(29-20)25-14-3-4-14/h2,5,8-11,14,31H,3-4,6-7H2,1H3,(H,24,25,29)(H2,26,28,32). The smallest absolute Gasteiger partial charge is 0.326 e. The lowest BCUT2D eigenvalue weighted by Gasteiger charge is -2.21. The van der Waals surface area contributed by atoms with Crippen LogP contribution in [0.4, 0.5) is 5.95 Å². The number of ether oxygens (including phenoxy) is 2. The van der Waals surface area contributed by atoms with Gasteiger partial charge in [-0.05, 0) is 43.5 Å². The number of nitrogens with zero attached hydrogens (tertiary/aromatic N) is 5. The molecule has 4 N–H and O–H groups in total. The van der Waals surface area contributed by atoms with Crippen LogP contribution in [0.3, 0.4) is 0 Å². The number of aromatic nitrogens is 6. The van der Waals surface area contributed by atoms with E-state index in [2.05, 4.69) is 35.3 Å². The molecule has 1 aliphatic heterocycles. The molecular formula is C22H22N8O4. The van der Waals surface area contributed by atoms with Gasteiger partial charge >= 0.3 is 5.69 Å². The normalized spacial score (nSPS) is 17.3. The van der Waals surface area contributed by atoms with E-state index in [0.717, 1.165) is 24.2 Å². The molecule has 1 aromatic carbocycles. The van der Waals surface area contributed by atoms with Crippen molar-refractivity contribution in [1.29, 1.82) is 0 Å². The predicted octanol–water partition coefficient (Wildman–Crippen LogP) is 0.401. The van der Waals surface area contributed by atoms with Gasteiger partial charge in [0.15, 0.2) is 17.1 Å². The van der Waals surface area contributed by atoms with Gasteiger partial charge in [-0.1, -0.05) is 6.07 Å². The maximum absolute atomic E-state index is 11.5. The minimum absolute atomic E-state index is 0.132. The third-order valence-electron chi connectivity index (χ3n) is 5.67. The van der Waals surface area contributed by atoms with Crippen molar-refractivity contribution >= 4 is 17.7 Å². The second kappa shape index (κ2) is 7.90. The number of nitrogens with one attached hydrogen (secondary N) is 3. The number of H-pyrrole nitrogens is 2. The van der Waals surface area contributed by atoms with Gasteiger partial charge in [0.25, 0.3) is 5.62 Å². The number of hydrogen-bond acceptors (Lipinski definition) is 9. The van der Waals surface area contributed by atoms with Crippen molar-refractivity contribution in [1.82, 2.24) is 29.5 Å². The van der Waals surface area contributed by atoms with Gasteiger partial charge in [-0.2, -0.15) is 19.6 Å². The zero-order valence-corrected chi connectivity index (χ0v) is 18.3. The Morgan fingerprint density at radius 2 is 2.06 bits per heavy atom. The van der Waals surface area contributed by atoms with Crippen LogP contribution >= 0.6 is 0 Å². The number of anilines is 1. The average molecular weight is 462 g/mol. The fourth-order valence-corrected chi connectivity index (χ4v) is 3.75. The molecule has 2 aliphatic rings. The molecule has 12 nitrogen and oxygen atoms in total. The summed E-state index contributed by atoms with van der Waals surface area (Å²) in [6.45, 7) is 3.07. The monoisotopic (exact) mass is 462 g/mol. The Bertz CT molecular complexity index is 1570. The Kier molecular flexibility index (Phi) is 4.71. The quantitative estimate of drug-likeness (QED) is 0.332. The summed E-state index contributed by atoms with van der Waals surface area (Å²) in [4.78, 5) is 30.3. The molecule has 4 heterocycles. The lowest BCUT2D eigenvalue weighted by Crippen LogP contribution is -2.25. The molecule has 0 bridgehead atoms. The summed E-state index contributed by atoms with van der Waals surface area (Å²) < 4.78 is 12.9. The summed E-state index contributed by atoms with van der Waals surface area (Å²) >= 11 is 0. The van der Waals surface area contributed by atoms with E-state index in [1.807, 2.05) is 25.1 Å². The van der Waals surface area contributed by atoms with Gasteiger partial charge in [0.1, 0.15) is 18.9 Å². The highest BCUT2D eigenvalue weighted by Gasteiger charge is 2.21. The molecular weight excluding hydrogens is 440 g/mol. The molecule has 4 aromatic rings. The van der Waals surface area contributed by atoms with Gasteiger partial charge in [-0.15, -0.1) is 0 Å². The first-order valence-electron chi connectivity index (χ1n) is 11.0. The van der Waals surface area contributed by atoms with Gasteiger partial charge in [0.2, 0.25) is 11.8 Å². The molecule has 1 fully saturated rings. The molecule has 1 atom stereocenters. The maximum Gasteiger partial charge on any atom is 0.326 e. The van der Waals surface area contributed by atoms with Gasteiger partial charge in [-0.25, -0.2) is 9.79 Å². The number of rotatable bonds is 5. The molecule has 1 saturated carbocycles. The van der Waals surface area contributed by atoms with E-state index >= 15 is 0 Å². The SMILES string of the molecule is CC(Nc1nc(=NC2CC2)n2ncc(=Cc3[nH]c(=O)[nH]c3O)c2n1)c1ccc2c(c1)OCCO2. The van der Waals surface area contributed by atoms with E-state index < -0.39 is 5.69 Å². The topological polar surface area (TPSA) is 155 Å². The summed E-state index contributed by atoms with van der Waals surface area (Å²) in [5.74, 6) is 1.57. The third-order valence-corrected chi connectivity index (χ3v) is 5.67. The number of aromatic amines is 2. The number of imidazole rings is 1. The van der Waals surface area contributed by atoms with Crippen molar-refractivity contribution < 1.29 is 14.6 Å². The van der Waals surface area contributed by atoms with Crippen LogP contribution < -0.4 is 31.3 Å². The first-order chi connectivity index (χ1) is 16.5. The summed E-state index contributed by atoms with van der Waals surface area (Å²) in [5, 5.41) is 18.3. The molecule has 6 rings (SSSR count). The van der Waals surface area contributed by atoms with Crippen LogP contribution in [0.5, 0.6) is 17.4 Å². The summed E-state index contributed by atoms with van der Waals surface area (Å²) in [6.07, 6.45) is 5.22. The lowest BCUT2D eigenvalue weighted by atomic mass is 10.1. The van der Waals surface area contributed by atoms with E-state index in [-0.39, 0.29) is 23.7 Å². The summed E-state index contributed by atoms with van der Waals surface area (Å²) in [6, 6.07) is 5.91. The van der Waals surface area contributed by atoms with Crippen LogP contribution in [0.2, 0.25) is 0 Å². The van der Waals surface area contributed by atoms with E-state index in [1.54, 1.807) is 16.8 Å². The van der Waals surface area contributed by atoms with E-state index in [9.17, 15) is 9.90 Å². The van der Waals surface area contributed by atoms with Gasteiger partial charge in [-0.3, -0.25) is 4.98 Å². The Morgan fingerprint density at radius 1 is 1.24 bits per heavy atom. The number of hydrogen-bond donors (Lipinski definition) is 4. The van der Waals surface area contributed by atoms with Crippen LogP contribution in [0.1, 0.15) is 37.1 Å². The molecule has 1 aliphatic carbocycles. The molecule has 1 unspecified atom stereocenters.